The molecule has 0 aromatic heterocycles. The fraction of sp³-hybridized carbons (Fsp3) is 0.500. The summed E-state index contributed by atoms with van der Waals surface area (Å²) in [6.07, 6.45) is 2.09. The summed E-state index contributed by atoms with van der Waals surface area (Å²) in [6.45, 7) is 2.74. The van der Waals surface area contributed by atoms with Crippen molar-refractivity contribution < 1.29 is 4.74 Å². The van der Waals surface area contributed by atoms with Crippen molar-refractivity contribution in [2.75, 3.05) is 25.3 Å². The number of thioether (sulfide) groups is 1. The summed E-state index contributed by atoms with van der Waals surface area (Å²) in [5.74, 6) is 1.00. The monoisotopic (exact) mass is 259 g/mol. The fourth-order valence-electron chi connectivity index (χ4n) is 1.50. The number of hydrogen-bond acceptors (Lipinski definition) is 3. The second-order valence-electron chi connectivity index (χ2n) is 3.75. The minimum atomic E-state index is 0.257. The molecule has 0 aliphatic rings. The van der Waals surface area contributed by atoms with E-state index in [0.29, 0.717) is 6.61 Å². The molecule has 1 aromatic rings. The van der Waals surface area contributed by atoms with E-state index in [1.807, 2.05) is 6.07 Å². The molecule has 1 N–H and O–H groups in total. The van der Waals surface area contributed by atoms with Crippen molar-refractivity contribution in [3.63, 3.8) is 0 Å². The lowest BCUT2D eigenvalue weighted by Crippen LogP contribution is -2.21. The molecule has 2 nitrogen and oxygen atoms in total. The Morgan fingerprint density at radius 3 is 2.88 bits per heavy atom. The normalized spacial score (nSPS) is 12.5. The van der Waals surface area contributed by atoms with Crippen LogP contribution in [0.3, 0.4) is 0 Å². The summed E-state index contributed by atoms with van der Waals surface area (Å²) >= 11 is 7.93. The van der Waals surface area contributed by atoms with Crippen molar-refractivity contribution in [2.45, 2.75) is 18.7 Å². The van der Waals surface area contributed by atoms with E-state index in [4.69, 9.17) is 16.3 Å². The van der Waals surface area contributed by atoms with Crippen LogP contribution < -0.4 is 5.32 Å². The topological polar surface area (TPSA) is 21.3 Å². The first-order chi connectivity index (χ1) is 7.67. The third kappa shape index (κ3) is 4.24. The van der Waals surface area contributed by atoms with Gasteiger partial charge in [0.25, 0.3) is 0 Å². The summed E-state index contributed by atoms with van der Waals surface area (Å²) < 4.78 is 5.08. The highest BCUT2D eigenvalue weighted by Crippen LogP contribution is 2.25. The number of anilines is 1. The predicted octanol–water partition coefficient (Wildman–Crippen LogP) is 3.65. The van der Waals surface area contributed by atoms with Crippen LogP contribution in [0, 0.1) is 0 Å². The first-order valence-electron chi connectivity index (χ1n) is 5.20. The SMILES string of the molecule is COCC(C)Nc1cc(CSC)ccc1Cl. The maximum atomic E-state index is 6.13. The highest BCUT2D eigenvalue weighted by atomic mass is 35.5. The maximum absolute atomic E-state index is 6.13. The van der Waals surface area contributed by atoms with Gasteiger partial charge in [-0.15, -0.1) is 0 Å². The molecule has 1 atom stereocenters. The van der Waals surface area contributed by atoms with Crippen molar-refractivity contribution in [1.82, 2.24) is 0 Å². The minimum absolute atomic E-state index is 0.257. The largest absolute Gasteiger partial charge is 0.383 e. The van der Waals surface area contributed by atoms with Gasteiger partial charge in [0.1, 0.15) is 0 Å². The molecule has 0 bridgehead atoms. The molecule has 0 fully saturated rings. The van der Waals surface area contributed by atoms with Gasteiger partial charge in [-0.2, -0.15) is 11.8 Å². The van der Waals surface area contributed by atoms with E-state index >= 15 is 0 Å². The Bertz CT molecular complexity index is 333. The van der Waals surface area contributed by atoms with Crippen molar-refractivity contribution in [3.8, 4) is 0 Å². The van der Waals surface area contributed by atoms with Gasteiger partial charge in [0.15, 0.2) is 0 Å². The van der Waals surface area contributed by atoms with Crippen LogP contribution in [0.15, 0.2) is 18.2 Å². The van der Waals surface area contributed by atoms with E-state index in [9.17, 15) is 0 Å². The van der Waals surface area contributed by atoms with Crippen molar-refractivity contribution >= 4 is 29.1 Å². The zero-order valence-electron chi connectivity index (χ0n) is 9.92. The van der Waals surface area contributed by atoms with Gasteiger partial charge in [0, 0.05) is 18.9 Å². The van der Waals surface area contributed by atoms with Gasteiger partial charge in [-0.1, -0.05) is 17.7 Å². The molecule has 0 saturated carbocycles. The number of rotatable bonds is 6. The number of hydrogen-bond donors (Lipinski definition) is 1. The van der Waals surface area contributed by atoms with Gasteiger partial charge in [-0.3, -0.25) is 0 Å². The Labute approximate surface area is 107 Å². The molecule has 0 amide bonds. The molecular weight excluding hydrogens is 242 g/mol. The highest BCUT2D eigenvalue weighted by molar-refractivity contribution is 7.97. The first kappa shape index (κ1) is 13.7. The Kier molecular flexibility index (Phi) is 6.03. The molecule has 0 aliphatic heterocycles. The smallest absolute Gasteiger partial charge is 0.0661 e. The lowest BCUT2D eigenvalue weighted by molar-refractivity contribution is 0.190. The lowest BCUT2D eigenvalue weighted by atomic mass is 10.2. The quantitative estimate of drug-likeness (QED) is 0.843. The maximum Gasteiger partial charge on any atom is 0.0661 e. The standard InChI is InChI=1S/C12H18ClNOS/c1-9(7-15-2)14-12-6-10(8-16-3)4-5-11(12)13/h4-6,9,14H,7-8H2,1-3H3. The third-order valence-electron chi connectivity index (χ3n) is 2.16. The Hall–Kier alpha value is -0.380. The number of methoxy groups -OCH3 is 1. The van der Waals surface area contributed by atoms with Gasteiger partial charge in [0.05, 0.1) is 17.3 Å². The van der Waals surface area contributed by atoms with E-state index in [-0.39, 0.29) is 6.04 Å². The summed E-state index contributed by atoms with van der Waals surface area (Å²) in [6, 6.07) is 6.36. The van der Waals surface area contributed by atoms with E-state index in [1.165, 1.54) is 5.56 Å². The lowest BCUT2D eigenvalue weighted by Gasteiger charge is -2.16. The molecule has 90 valence electrons. The highest BCUT2D eigenvalue weighted by Gasteiger charge is 2.06. The second kappa shape index (κ2) is 7.05. The van der Waals surface area contributed by atoms with Crippen molar-refractivity contribution in [1.29, 1.82) is 0 Å². The Morgan fingerprint density at radius 2 is 2.25 bits per heavy atom. The predicted molar refractivity (Wildman–Crippen MR) is 73.6 cm³/mol. The van der Waals surface area contributed by atoms with Crippen molar-refractivity contribution in [2.24, 2.45) is 0 Å². The molecule has 0 saturated heterocycles. The second-order valence-corrected chi connectivity index (χ2v) is 5.02. The first-order valence-corrected chi connectivity index (χ1v) is 6.97. The van der Waals surface area contributed by atoms with Crippen molar-refractivity contribution in [3.05, 3.63) is 28.8 Å². The van der Waals surface area contributed by atoms with Crippen LogP contribution in [0.2, 0.25) is 5.02 Å². The number of ether oxygens (including phenoxy) is 1. The molecule has 0 radical (unpaired) electrons. The van der Waals surface area contributed by atoms with Crippen LogP contribution in [-0.4, -0.2) is 26.0 Å². The van der Waals surface area contributed by atoms with Gasteiger partial charge >= 0.3 is 0 Å². The van der Waals surface area contributed by atoms with E-state index < -0.39 is 0 Å². The molecular formula is C12H18ClNOS. The average Bonchev–Trinajstić information content (AvgIpc) is 2.24. The molecule has 0 heterocycles. The van der Waals surface area contributed by atoms with Gasteiger partial charge in [0.2, 0.25) is 0 Å². The molecule has 0 aliphatic carbocycles. The summed E-state index contributed by atoms with van der Waals surface area (Å²) in [7, 11) is 1.70. The van der Waals surface area contributed by atoms with Gasteiger partial charge < -0.3 is 10.1 Å². The zero-order chi connectivity index (χ0) is 12.0. The zero-order valence-corrected chi connectivity index (χ0v) is 11.5. The van der Waals surface area contributed by atoms with Crippen LogP contribution in [-0.2, 0) is 10.5 Å². The van der Waals surface area contributed by atoms with Crippen LogP contribution in [0.4, 0.5) is 5.69 Å². The number of nitrogens with one attached hydrogen (secondary N) is 1. The average molecular weight is 260 g/mol. The summed E-state index contributed by atoms with van der Waals surface area (Å²) in [5.41, 5.74) is 2.27. The molecule has 1 aromatic carbocycles. The van der Waals surface area contributed by atoms with E-state index in [1.54, 1.807) is 18.9 Å². The van der Waals surface area contributed by atoms with Gasteiger partial charge in [-0.05, 0) is 30.9 Å². The van der Waals surface area contributed by atoms with Crippen LogP contribution in [0.5, 0.6) is 0 Å². The molecule has 0 spiro atoms. The molecule has 4 heteroatoms. The summed E-state index contributed by atoms with van der Waals surface area (Å²) in [4.78, 5) is 0. The van der Waals surface area contributed by atoms with E-state index in [0.717, 1.165) is 16.5 Å². The van der Waals surface area contributed by atoms with E-state index in [2.05, 4.69) is 30.6 Å². The molecule has 1 unspecified atom stereocenters. The molecule has 1 rings (SSSR count). The summed E-state index contributed by atoms with van der Waals surface area (Å²) in [5, 5.41) is 4.10. The van der Waals surface area contributed by atoms with Crippen LogP contribution >= 0.6 is 23.4 Å². The third-order valence-corrected chi connectivity index (χ3v) is 3.11. The Balaban J connectivity index is 2.73. The Morgan fingerprint density at radius 1 is 1.50 bits per heavy atom. The fourth-order valence-corrected chi connectivity index (χ4v) is 2.18. The molecule has 16 heavy (non-hydrogen) atoms. The number of halogens is 1. The van der Waals surface area contributed by atoms with Crippen LogP contribution in [0.25, 0.3) is 0 Å². The minimum Gasteiger partial charge on any atom is -0.383 e. The number of benzene rings is 1. The van der Waals surface area contributed by atoms with Crippen LogP contribution in [0.1, 0.15) is 12.5 Å². The van der Waals surface area contributed by atoms with Gasteiger partial charge in [-0.25, -0.2) is 0 Å².